The van der Waals surface area contributed by atoms with Crippen LogP contribution in [-0.2, 0) is 19.2 Å². The minimum atomic E-state index is -0.965. The second kappa shape index (κ2) is 21.5. The Hall–Kier alpha value is -2.08. The Labute approximate surface area is 202 Å². The van der Waals surface area contributed by atoms with Crippen LogP contribution in [0, 0.1) is 0 Å². The number of Topliss-reactive ketones (excluding diaryl/α,β-unsaturated/α-hetero) is 1. The molecular weight excluding hydrogens is 442 g/mol. The zero-order valence-corrected chi connectivity index (χ0v) is 20.4. The van der Waals surface area contributed by atoms with Gasteiger partial charge in [-0.15, -0.1) is 0 Å². The molecule has 0 saturated heterocycles. The van der Waals surface area contributed by atoms with Crippen molar-refractivity contribution in [3.05, 3.63) is 0 Å². The molecule has 0 bridgehead atoms. The van der Waals surface area contributed by atoms with Gasteiger partial charge >= 0.3 is 5.97 Å². The van der Waals surface area contributed by atoms with E-state index in [0.29, 0.717) is 19.4 Å². The van der Waals surface area contributed by atoms with Crippen LogP contribution in [-0.4, -0.2) is 72.2 Å². The van der Waals surface area contributed by atoms with Gasteiger partial charge in [0.1, 0.15) is 6.04 Å². The molecule has 0 aliphatic heterocycles. The molecule has 11 nitrogen and oxygen atoms in total. The van der Waals surface area contributed by atoms with E-state index in [4.69, 9.17) is 21.7 Å². The number of hydrogen-bond donors (Lipinski definition) is 7. The maximum atomic E-state index is 12.3. The number of hydrogen-bond acceptors (Lipinski definition) is 8. The van der Waals surface area contributed by atoms with Gasteiger partial charge in [0.15, 0.2) is 5.78 Å². The molecule has 34 heavy (non-hydrogen) atoms. The molecular formula is C23H45N5O6. The summed E-state index contributed by atoms with van der Waals surface area (Å²) < 4.78 is 0. The zero-order chi connectivity index (χ0) is 25.6. The summed E-state index contributed by atoms with van der Waals surface area (Å²) in [5, 5.41) is 26.1. The Kier molecular flexibility index (Phi) is 20.1. The Morgan fingerprint density at radius 1 is 0.765 bits per heavy atom. The van der Waals surface area contributed by atoms with E-state index in [0.717, 1.165) is 64.2 Å². The minimum absolute atomic E-state index is 0.0343. The van der Waals surface area contributed by atoms with Crippen LogP contribution in [0.25, 0.3) is 0 Å². The number of amides is 2. The molecule has 0 radical (unpaired) electrons. The van der Waals surface area contributed by atoms with E-state index in [2.05, 4.69) is 16.0 Å². The number of ketones is 1. The molecule has 0 unspecified atom stereocenters. The van der Waals surface area contributed by atoms with Gasteiger partial charge in [0.25, 0.3) is 0 Å². The van der Waals surface area contributed by atoms with Crippen LogP contribution in [0.15, 0.2) is 0 Å². The van der Waals surface area contributed by atoms with Crippen LogP contribution in [0.4, 0.5) is 0 Å². The van der Waals surface area contributed by atoms with E-state index >= 15 is 0 Å². The third kappa shape index (κ3) is 18.4. The van der Waals surface area contributed by atoms with Crippen molar-refractivity contribution in [3.63, 3.8) is 0 Å². The van der Waals surface area contributed by atoms with Gasteiger partial charge < -0.3 is 27.0 Å². The SMILES string of the molecule is NCN[C@H](CCCCNC(=O)CCCCCCCCCCC(=O)O)C(=O)CN[C@@H](CO)C(N)=O. The van der Waals surface area contributed by atoms with Crippen LogP contribution >= 0.6 is 0 Å². The molecule has 0 aromatic rings. The van der Waals surface area contributed by atoms with Crippen molar-refractivity contribution < 1.29 is 29.4 Å². The highest BCUT2D eigenvalue weighted by atomic mass is 16.4. The van der Waals surface area contributed by atoms with Crippen LogP contribution in [0.2, 0.25) is 0 Å². The number of aliphatic carboxylic acids is 1. The van der Waals surface area contributed by atoms with Crippen LogP contribution in [0.1, 0.15) is 83.5 Å². The molecule has 0 heterocycles. The lowest BCUT2D eigenvalue weighted by atomic mass is 10.0. The average Bonchev–Trinajstić information content (AvgIpc) is 2.79. The van der Waals surface area contributed by atoms with Crippen LogP contribution < -0.4 is 27.4 Å². The first kappa shape index (κ1) is 31.9. The molecule has 0 saturated carbocycles. The molecule has 2 amide bonds. The van der Waals surface area contributed by atoms with Crippen molar-refractivity contribution in [2.75, 3.05) is 26.4 Å². The first-order chi connectivity index (χ1) is 16.3. The highest BCUT2D eigenvalue weighted by molar-refractivity contribution is 5.87. The fourth-order valence-electron chi connectivity index (χ4n) is 3.53. The Morgan fingerprint density at radius 2 is 1.35 bits per heavy atom. The summed E-state index contributed by atoms with van der Waals surface area (Å²) in [5.41, 5.74) is 10.6. The molecule has 0 spiro atoms. The third-order valence-electron chi connectivity index (χ3n) is 5.59. The van der Waals surface area contributed by atoms with Gasteiger partial charge in [-0.3, -0.25) is 29.8 Å². The lowest BCUT2D eigenvalue weighted by Crippen LogP contribution is -2.50. The van der Waals surface area contributed by atoms with Crippen molar-refractivity contribution in [1.82, 2.24) is 16.0 Å². The molecule has 0 aromatic carbocycles. The monoisotopic (exact) mass is 487 g/mol. The van der Waals surface area contributed by atoms with E-state index in [9.17, 15) is 19.2 Å². The number of rotatable bonds is 24. The summed E-state index contributed by atoms with van der Waals surface area (Å²) in [4.78, 5) is 45.8. The summed E-state index contributed by atoms with van der Waals surface area (Å²) in [6.07, 6.45) is 10.7. The number of carboxylic acids is 1. The standard InChI is InChI=1S/C23H45N5O6/c24-17-28-18(20(30)15-27-19(16-29)23(25)34)11-9-10-14-26-21(31)12-7-5-3-1-2-4-6-8-13-22(32)33/h18-19,27-29H,1-17,24H2,(H2,25,34)(H,26,31)(H,32,33)/t18-,19+/m1/s1. The Bertz CT molecular complexity index is 590. The lowest BCUT2D eigenvalue weighted by molar-refractivity contribution is -0.137. The van der Waals surface area contributed by atoms with Gasteiger partial charge in [-0.25, -0.2) is 0 Å². The van der Waals surface area contributed by atoms with Crippen LogP contribution in [0.5, 0.6) is 0 Å². The number of carboxylic acid groups (broad SMARTS) is 1. The quantitative estimate of drug-likeness (QED) is 0.0731. The number of nitrogens with two attached hydrogens (primary N) is 2. The molecule has 198 valence electrons. The van der Waals surface area contributed by atoms with Gasteiger partial charge in [0, 0.05) is 26.1 Å². The van der Waals surface area contributed by atoms with Crippen molar-refractivity contribution in [1.29, 1.82) is 0 Å². The maximum Gasteiger partial charge on any atom is 0.303 e. The lowest BCUT2D eigenvalue weighted by Gasteiger charge is -2.18. The van der Waals surface area contributed by atoms with Gasteiger partial charge in [-0.2, -0.15) is 0 Å². The normalized spacial score (nSPS) is 12.8. The molecule has 0 aliphatic rings. The van der Waals surface area contributed by atoms with Gasteiger partial charge in [0.2, 0.25) is 11.8 Å². The van der Waals surface area contributed by atoms with Crippen molar-refractivity contribution in [2.24, 2.45) is 11.5 Å². The van der Waals surface area contributed by atoms with Crippen LogP contribution in [0.3, 0.4) is 0 Å². The summed E-state index contributed by atoms with van der Waals surface area (Å²) >= 11 is 0. The molecule has 0 aromatic heterocycles. The van der Waals surface area contributed by atoms with E-state index in [1.54, 1.807) is 0 Å². The van der Waals surface area contributed by atoms with Crippen molar-refractivity contribution in [2.45, 2.75) is 95.6 Å². The summed E-state index contributed by atoms with van der Waals surface area (Å²) in [7, 11) is 0. The number of primary amides is 1. The average molecular weight is 488 g/mol. The van der Waals surface area contributed by atoms with E-state index in [-0.39, 0.29) is 31.3 Å². The van der Waals surface area contributed by atoms with Gasteiger partial charge in [-0.05, 0) is 32.1 Å². The molecule has 0 fully saturated rings. The molecule has 2 atom stereocenters. The smallest absolute Gasteiger partial charge is 0.303 e. The summed E-state index contributed by atoms with van der Waals surface area (Å²) in [6.45, 7) is 0.100. The maximum absolute atomic E-state index is 12.3. The fraction of sp³-hybridized carbons (Fsp3) is 0.826. The number of unbranched alkanes of at least 4 members (excludes halogenated alkanes) is 8. The Morgan fingerprint density at radius 3 is 1.88 bits per heavy atom. The highest BCUT2D eigenvalue weighted by Gasteiger charge is 2.20. The predicted octanol–water partition coefficient (Wildman–Crippen LogP) is 0.138. The first-order valence-electron chi connectivity index (χ1n) is 12.4. The first-order valence-corrected chi connectivity index (χ1v) is 12.4. The Balaban J connectivity index is 3.78. The summed E-state index contributed by atoms with van der Waals surface area (Å²) in [5.74, 6) is -1.59. The predicted molar refractivity (Wildman–Crippen MR) is 130 cm³/mol. The number of carbonyl (C=O) groups excluding carboxylic acids is 3. The molecule has 11 heteroatoms. The summed E-state index contributed by atoms with van der Waals surface area (Å²) in [6, 6.07) is -1.44. The third-order valence-corrected chi connectivity index (χ3v) is 5.59. The highest BCUT2D eigenvalue weighted by Crippen LogP contribution is 2.10. The number of nitrogens with one attached hydrogen (secondary N) is 3. The van der Waals surface area contributed by atoms with Gasteiger partial charge in [0.05, 0.1) is 19.2 Å². The van der Waals surface area contributed by atoms with Crippen molar-refractivity contribution in [3.8, 4) is 0 Å². The van der Waals surface area contributed by atoms with E-state index < -0.39 is 30.6 Å². The van der Waals surface area contributed by atoms with Gasteiger partial charge in [-0.1, -0.05) is 38.5 Å². The second-order valence-electron chi connectivity index (χ2n) is 8.51. The largest absolute Gasteiger partial charge is 0.481 e. The van der Waals surface area contributed by atoms with E-state index in [1.165, 1.54) is 0 Å². The number of carbonyl (C=O) groups is 4. The van der Waals surface area contributed by atoms with E-state index in [1.807, 2.05) is 0 Å². The second-order valence-corrected chi connectivity index (χ2v) is 8.51. The zero-order valence-electron chi connectivity index (χ0n) is 20.4. The number of aliphatic hydroxyl groups excluding tert-OH is 1. The molecule has 9 N–H and O–H groups in total. The number of aliphatic hydroxyl groups is 1. The molecule has 0 aliphatic carbocycles. The molecule has 0 rings (SSSR count). The minimum Gasteiger partial charge on any atom is -0.481 e. The van der Waals surface area contributed by atoms with Crippen molar-refractivity contribution >= 4 is 23.6 Å². The fourth-order valence-corrected chi connectivity index (χ4v) is 3.53. The topological polar surface area (TPSA) is 197 Å².